The van der Waals surface area contributed by atoms with Crippen molar-refractivity contribution in [2.24, 2.45) is 0 Å². The van der Waals surface area contributed by atoms with Gasteiger partial charge in [-0.3, -0.25) is 9.59 Å². The maximum absolute atomic E-state index is 11.2. The molecule has 0 spiro atoms. The predicted molar refractivity (Wildman–Crippen MR) is 66.9 cm³/mol. The van der Waals surface area contributed by atoms with Crippen LogP contribution in [0.4, 0.5) is 0 Å². The van der Waals surface area contributed by atoms with Crippen molar-refractivity contribution >= 4 is 21.5 Å². The number of hydrogen-bond acceptors (Lipinski definition) is 4. The van der Waals surface area contributed by atoms with E-state index in [4.69, 9.17) is 0 Å². The van der Waals surface area contributed by atoms with Gasteiger partial charge in [0, 0.05) is 19.7 Å². The molecule has 1 amide bonds. The fraction of sp³-hybridized carbons (Fsp3) is 0.333. The van der Waals surface area contributed by atoms with Gasteiger partial charge in [0.05, 0.1) is 4.90 Å². The van der Waals surface area contributed by atoms with Gasteiger partial charge in [-0.25, -0.2) is 8.42 Å². The second-order valence-electron chi connectivity index (χ2n) is 3.98. The number of carbonyl (C=O) groups is 2. The van der Waals surface area contributed by atoms with Gasteiger partial charge in [-0.05, 0) is 24.1 Å². The van der Waals surface area contributed by atoms with Gasteiger partial charge < -0.3 is 5.32 Å². The maximum Gasteiger partial charge on any atom is 0.287 e. The van der Waals surface area contributed by atoms with E-state index in [-0.39, 0.29) is 4.90 Å². The number of benzene rings is 1. The lowest BCUT2D eigenvalue weighted by atomic mass is 10.1. The fourth-order valence-electron chi connectivity index (χ4n) is 1.35. The Kier molecular flexibility index (Phi) is 4.61. The number of rotatable bonds is 5. The maximum atomic E-state index is 11.2. The minimum absolute atomic E-state index is 0.263. The first kappa shape index (κ1) is 14.4. The summed E-state index contributed by atoms with van der Waals surface area (Å²) in [7, 11) is -3.18. The molecule has 0 radical (unpaired) electrons. The molecule has 0 saturated heterocycles. The molecule has 0 atom stereocenters. The SMILES string of the molecule is CC(=O)C(=O)NCCc1ccc(S(C)(=O)=O)cc1. The van der Waals surface area contributed by atoms with Crippen LogP contribution in [0.25, 0.3) is 0 Å². The smallest absolute Gasteiger partial charge is 0.287 e. The van der Waals surface area contributed by atoms with Gasteiger partial charge in [-0.1, -0.05) is 12.1 Å². The van der Waals surface area contributed by atoms with Crippen molar-refractivity contribution in [2.45, 2.75) is 18.2 Å². The Balaban J connectivity index is 2.55. The summed E-state index contributed by atoms with van der Waals surface area (Å²) in [5.74, 6) is -1.13. The predicted octanol–water partition coefficient (Wildman–Crippen LogP) is 0.338. The van der Waals surface area contributed by atoms with E-state index in [1.54, 1.807) is 12.1 Å². The lowest BCUT2D eigenvalue weighted by Crippen LogP contribution is -2.30. The quantitative estimate of drug-likeness (QED) is 0.782. The van der Waals surface area contributed by atoms with Crippen LogP contribution in [0.2, 0.25) is 0 Å². The number of nitrogens with one attached hydrogen (secondary N) is 1. The van der Waals surface area contributed by atoms with Gasteiger partial charge in [0.1, 0.15) is 0 Å². The molecule has 18 heavy (non-hydrogen) atoms. The van der Waals surface area contributed by atoms with Crippen molar-refractivity contribution in [1.29, 1.82) is 0 Å². The lowest BCUT2D eigenvalue weighted by molar-refractivity contribution is -0.136. The van der Waals surface area contributed by atoms with E-state index >= 15 is 0 Å². The van der Waals surface area contributed by atoms with E-state index in [2.05, 4.69) is 5.32 Å². The van der Waals surface area contributed by atoms with Crippen molar-refractivity contribution in [3.63, 3.8) is 0 Å². The molecule has 1 aromatic rings. The topological polar surface area (TPSA) is 80.3 Å². The molecular formula is C12H15NO4S. The standard InChI is InChI=1S/C12H15NO4S/c1-9(14)12(15)13-8-7-10-3-5-11(6-4-10)18(2,16)17/h3-6H,7-8H2,1-2H3,(H,13,15). The zero-order valence-electron chi connectivity index (χ0n) is 10.3. The summed E-state index contributed by atoms with van der Waals surface area (Å²) in [6.07, 6.45) is 1.69. The van der Waals surface area contributed by atoms with Crippen LogP contribution in [0.5, 0.6) is 0 Å². The Morgan fingerprint density at radius 2 is 1.72 bits per heavy atom. The lowest BCUT2D eigenvalue weighted by Gasteiger charge is -2.04. The van der Waals surface area contributed by atoms with Gasteiger partial charge in [0.15, 0.2) is 9.84 Å². The van der Waals surface area contributed by atoms with Gasteiger partial charge in [0.25, 0.3) is 5.91 Å². The van der Waals surface area contributed by atoms with E-state index in [9.17, 15) is 18.0 Å². The Bertz CT molecular complexity index is 546. The molecule has 0 aliphatic carbocycles. The Labute approximate surface area is 106 Å². The van der Waals surface area contributed by atoms with Gasteiger partial charge in [0.2, 0.25) is 5.78 Å². The first-order chi connectivity index (χ1) is 8.30. The molecule has 0 saturated carbocycles. The molecule has 1 aromatic carbocycles. The number of Topliss-reactive ketones (excluding diaryl/α,β-unsaturated/α-hetero) is 1. The fourth-order valence-corrected chi connectivity index (χ4v) is 1.98. The third-order valence-corrected chi connectivity index (χ3v) is 3.50. The molecule has 0 bridgehead atoms. The number of ketones is 1. The molecule has 5 nitrogen and oxygen atoms in total. The minimum atomic E-state index is -3.18. The summed E-state index contributed by atoms with van der Waals surface area (Å²) >= 11 is 0. The molecule has 0 unspecified atom stereocenters. The molecule has 0 aliphatic rings. The average molecular weight is 269 g/mol. The molecule has 0 heterocycles. The number of sulfone groups is 1. The average Bonchev–Trinajstić information content (AvgIpc) is 2.28. The molecular weight excluding hydrogens is 254 g/mol. The number of hydrogen-bond donors (Lipinski definition) is 1. The van der Waals surface area contributed by atoms with Crippen molar-refractivity contribution < 1.29 is 18.0 Å². The first-order valence-electron chi connectivity index (χ1n) is 5.38. The van der Waals surface area contributed by atoms with Crippen LogP contribution in [-0.2, 0) is 25.8 Å². The van der Waals surface area contributed by atoms with Crippen LogP contribution in [-0.4, -0.2) is 32.9 Å². The highest BCUT2D eigenvalue weighted by atomic mass is 32.2. The van der Waals surface area contributed by atoms with E-state index in [0.717, 1.165) is 11.8 Å². The zero-order valence-corrected chi connectivity index (χ0v) is 11.1. The van der Waals surface area contributed by atoms with Gasteiger partial charge in [-0.15, -0.1) is 0 Å². The molecule has 6 heteroatoms. The molecule has 1 N–H and O–H groups in total. The van der Waals surface area contributed by atoms with Crippen LogP contribution in [0.1, 0.15) is 12.5 Å². The molecule has 98 valence electrons. The highest BCUT2D eigenvalue weighted by Gasteiger charge is 2.07. The number of amides is 1. The Morgan fingerprint density at radius 1 is 1.17 bits per heavy atom. The second-order valence-corrected chi connectivity index (χ2v) is 5.99. The summed E-state index contributed by atoms with van der Waals surface area (Å²) < 4.78 is 22.5. The van der Waals surface area contributed by atoms with E-state index in [1.165, 1.54) is 19.1 Å². The van der Waals surface area contributed by atoms with Crippen LogP contribution < -0.4 is 5.32 Å². The zero-order chi connectivity index (χ0) is 13.8. The molecule has 0 aromatic heterocycles. The Morgan fingerprint density at radius 3 is 2.17 bits per heavy atom. The highest BCUT2D eigenvalue weighted by Crippen LogP contribution is 2.10. The van der Waals surface area contributed by atoms with E-state index < -0.39 is 21.5 Å². The normalized spacial score (nSPS) is 11.0. The van der Waals surface area contributed by atoms with Crippen molar-refractivity contribution in [3.05, 3.63) is 29.8 Å². The largest absolute Gasteiger partial charge is 0.349 e. The van der Waals surface area contributed by atoms with Crippen LogP contribution in [0, 0.1) is 0 Å². The third-order valence-electron chi connectivity index (χ3n) is 2.37. The molecule has 1 rings (SSSR count). The van der Waals surface area contributed by atoms with Crippen LogP contribution >= 0.6 is 0 Å². The van der Waals surface area contributed by atoms with Crippen molar-refractivity contribution in [2.75, 3.05) is 12.8 Å². The molecule has 0 fully saturated rings. The summed E-state index contributed by atoms with van der Waals surface area (Å²) in [5.41, 5.74) is 0.895. The summed E-state index contributed by atoms with van der Waals surface area (Å²) in [6, 6.07) is 6.43. The third kappa shape index (κ3) is 4.29. The van der Waals surface area contributed by atoms with Gasteiger partial charge in [-0.2, -0.15) is 0 Å². The summed E-state index contributed by atoms with van der Waals surface area (Å²) in [6.45, 7) is 1.55. The minimum Gasteiger partial charge on any atom is -0.349 e. The second kappa shape index (κ2) is 5.77. The number of carbonyl (C=O) groups excluding carboxylic acids is 2. The van der Waals surface area contributed by atoms with Crippen molar-refractivity contribution in [1.82, 2.24) is 5.32 Å². The first-order valence-corrected chi connectivity index (χ1v) is 7.27. The summed E-state index contributed by atoms with van der Waals surface area (Å²) in [5, 5.41) is 2.47. The highest BCUT2D eigenvalue weighted by molar-refractivity contribution is 7.90. The van der Waals surface area contributed by atoms with Crippen LogP contribution in [0.3, 0.4) is 0 Å². The van der Waals surface area contributed by atoms with Crippen LogP contribution in [0.15, 0.2) is 29.2 Å². The Hall–Kier alpha value is -1.69. The summed E-state index contributed by atoms with van der Waals surface area (Å²) in [4.78, 5) is 21.9. The van der Waals surface area contributed by atoms with E-state index in [1.807, 2.05) is 0 Å². The monoisotopic (exact) mass is 269 g/mol. The van der Waals surface area contributed by atoms with E-state index in [0.29, 0.717) is 13.0 Å². The molecule has 0 aliphatic heterocycles. The van der Waals surface area contributed by atoms with Gasteiger partial charge >= 0.3 is 0 Å². The van der Waals surface area contributed by atoms with Crippen molar-refractivity contribution in [3.8, 4) is 0 Å².